The minimum Gasteiger partial charge on any atom is -0.299 e. The highest BCUT2D eigenvalue weighted by atomic mass is 16.2. The van der Waals surface area contributed by atoms with Gasteiger partial charge in [-0.2, -0.15) is 0 Å². The molecule has 0 aromatic heterocycles. The Morgan fingerprint density at radius 1 is 0.769 bits per heavy atom. The van der Waals surface area contributed by atoms with E-state index in [4.69, 9.17) is 0 Å². The predicted molar refractivity (Wildman–Crippen MR) is 36.1 cm³/mol. The molecular formula is C5H4N4O4. The van der Waals surface area contributed by atoms with Crippen LogP contribution in [0.15, 0.2) is 0 Å². The van der Waals surface area contributed by atoms with Crippen LogP contribution in [-0.2, 0) is 9.59 Å². The third-order valence-electron chi connectivity index (χ3n) is 1.74. The Kier molecular flexibility index (Phi) is 1.14. The summed E-state index contributed by atoms with van der Waals surface area (Å²) in [4.78, 5) is 43.6. The molecule has 2 fully saturated rings. The lowest BCUT2D eigenvalue weighted by Crippen LogP contribution is -2.60. The van der Waals surface area contributed by atoms with Crippen LogP contribution in [0, 0.1) is 0 Å². The number of amides is 6. The van der Waals surface area contributed by atoms with Crippen LogP contribution in [0.25, 0.3) is 0 Å². The van der Waals surface area contributed by atoms with E-state index in [0.717, 1.165) is 0 Å². The van der Waals surface area contributed by atoms with Crippen LogP contribution in [0.2, 0.25) is 0 Å². The number of hydrogen-bond acceptors (Lipinski definition) is 4. The summed E-state index contributed by atoms with van der Waals surface area (Å²) in [6, 6.07) is -1.63. The van der Waals surface area contributed by atoms with Crippen LogP contribution in [0.1, 0.15) is 0 Å². The molecule has 8 heteroatoms. The lowest BCUT2D eigenvalue weighted by Gasteiger charge is -2.14. The number of urea groups is 2. The number of nitrogens with one attached hydrogen (secondary N) is 4. The Labute approximate surface area is 71.0 Å². The van der Waals surface area contributed by atoms with Gasteiger partial charge >= 0.3 is 12.1 Å². The molecule has 0 saturated carbocycles. The summed E-state index contributed by atoms with van der Waals surface area (Å²) in [7, 11) is 0. The lowest BCUT2D eigenvalue weighted by atomic mass is 10.2. The van der Waals surface area contributed by atoms with Gasteiger partial charge in [0.1, 0.15) is 0 Å². The van der Waals surface area contributed by atoms with Crippen LogP contribution in [0.3, 0.4) is 0 Å². The first-order chi connectivity index (χ1) is 6.04. The van der Waals surface area contributed by atoms with Gasteiger partial charge in [-0.3, -0.25) is 30.9 Å². The van der Waals surface area contributed by atoms with E-state index in [-0.39, 0.29) is 0 Å². The van der Waals surface area contributed by atoms with Gasteiger partial charge in [-0.25, -0.2) is 9.59 Å². The summed E-state index contributed by atoms with van der Waals surface area (Å²) in [5, 5.41) is 7.70. The van der Waals surface area contributed by atoms with Crippen LogP contribution in [0.4, 0.5) is 9.59 Å². The van der Waals surface area contributed by atoms with Crippen molar-refractivity contribution in [2.24, 2.45) is 0 Å². The monoisotopic (exact) mass is 184 g/mol. The highest BCUT2D eigenvalue weighted by Gasteiger charge is 2.58. The summed E-state index contributed by atoms with van der Waals surface area (Å²) in [6.45, 7) is 0. The van der Waals surface area contributed by atoms with Crippen molar-refractivity contribution in [1.29, 1.82) is 0 Å². The number of hydrogen-bond donors (Lipinski definition) is 4. The summed E-state index contributed by atoms with van der Waals surface area (Å²) >= 11 is 0. The molecule has 13 heavy (non-hydrogen) atoms. The molecule has 2 aliphatic rings. The maximum Gasteiger partial charge on any atom is 0.324 e. The maximum absolute atomic E-state index is 11.1. The largest absolute Gasteiger partial charge is 0.324 e. The fraction of sp³-hybridized carbons (Fsp3) is 0.200. The van der Waals surface area contributed by atoms with E-state index in [9.17, 15) is 19.2 Å². The Bertz CT molecular complexity index is 314. The maximum atomic E-state index is 11.1. The first-order valence-corrected chi connectivity index (χ1v) is 3.32. The van der Waals surface area contributed by atoms with Gasteiger partial charge < -0.3 is 0 Å². The van der Waals surface area contributed by atoms with Gasteiger partial charge in [0.25, 0.3) is 17.5 Å². The quantitative estimate of drug-likeness (QED) is 0.243. The molecule has 1 spiro atoms. The number of carbonyl (C=O) groups excluding carboxylic acids is 4. The van der Waals surface area contributed by atoms with Crippen LogP contribution >= 0.6 is 0 Å². The fourth-order valence-electron chi connectivity index (χ4n) is 1.16. The van der Waals surface area contributed by atoms with Crippen molar-refractivity contribution in [3.63, 3.8) is 0 Å². The minimum absolute atomic E-state index is 0.817. The predicted octanol–water partition coefficient (Wildman–Crippen LogP) is -2.64. The first-order valence-electron chi connectivity index (χ1n) is 3.32. The topological polar surface area (TPSA) is 116 Å². The Morgan fingerprint density at radius 3 is 1.38 bits per heavy atom. The van der Waals surface area contributed by atoms with Gasteiger partial charge in [0.2, 0.25) is 0 Å². The zero-order valence-corrected chi connectivity index (χ0v) is 6.13. The van der Waals surface area contributed by atoms with E-state index in [1.165, 1.54) is 0 Å². The van der Waals surface area contributed by atoms with Crippen LogP contribution < -0.4 is 21.3 Å². The molecule has 2 rings (SSSR count). The highest BCUT2D eigenvalue weighted by molar-refractivity contribution is 6.26. The molecule has 0 bridgehead atoms. The summed E-state index contributed by atoms with van der Waals surface area (Å²) < 4.78 is 0. The lowest BCUT2D eigenvalue weighted by molar-refractivity contribution is -0.134. The Morgan fingerprint density at radius 2 is 1.15 bits per heavy atom. The van der Waals surface area contributed by atoms with E-state index in [2.05, 4.69) is 0 Å². The molecule has 0 aromatic rings. The molecule has 0 aliphatic carbocycles. The van der Waals surface area contributed by atoms with Crippen molar-refractivity contribution in [2.75, 3.05) is 0 Å². The second-order valence-corrected chi connectivity index (χ2v) is 2.57. The van der Waals surface area contributed by atoms with Gasteiger partial charge in [0, 0.05) is 0 Å². The summed E-state index contributed by atoms with van der Waals surface area (Å²) in [5.41, 5.74) is -1.95. The second kappa shape index (κ2) is 1.97. The van der Waals surface area contributed by atoms with E-state index in [1.54, 1.807) is 0 Å². The van der Waals surface area contributed by atoms with Gasteiger partial charge in [-0.1, -0.05) is 0 Å². The third-order valence-corrected chi connectivity index (χ3v) is 1.74. The van der Waals surface area contributed by atoms with Crippen molar-refractivity contribution in [1.82, 2.24) is 21.3 Å². The molecule has 8 nitrogen and oxygen atoms in total. The van der Waals surface area contributed by atoms with Crippen molar-refractivity contribution in [2.45, 2.75) is 5.66 Å². The molecule has 0 atom stereocenters. The molecule has 68 valence electrons. The van der Waals surface area contributed by atoms with E-state index >= 15 is 0 Å². The molecule has 0 unspecified atom stereocenters. The smallest absolute Gasteiger partial charge is 0.299 e. The molecule has 2 heterocycles. The van der Waals surface area contributed by atoms with Gasteiger partial charge in [-0.05, 0) is 0 Å². The summed E-state index contributed by atoms with van der Waals surface area (Å²) in [5.74, 6) is -1.78. The second-order valence-electron chi connectivity index (χ2n) is 2.57. The normalized spacial score (nSPS) is 24.0. The van der Waals surface area contributed by atoms with Gasteiger partial charge in [-0.15, -0.1) is 0 Å². The van der Waals surface area contributed by atoms with Crippen molar-refractivity contribution < 1.29 is 19.2 Å². The SMILES string of the molecule is O=C1NC(=O)C2(N1)NC(=O)NC2=O. The molecule has 0 radical (unpaired) electrons. The number of rotatable bonds is 0. The average molecular weight is 184 g/mol. The van der Waals surface area contributed by atoms with Crippen LogP contribution in [0.5, 0.6) is 0 Å². The highest BCUT2D eigenvalue weighted by Crippen LogP contribution is 2.10. The number of imide groups is 2. The number of carbonyl (C=O) groups is 4. The molecule has 2 aliphatic heterocycles. The van der Waals surface area contributed by atoms with Crippen LogP contribution in [-0.4, -0.2) is 29.5 Å². The van der Waals surface area contributed by atoms with Gasteiger partial charge in [0.05, 0.1) is 0 Å². The fourth-order valence-corrected chi connectivity index (χ4v) is 1.16. The standard InChI is InChI=1S/C5H4N4O4/c10-1-5(8-3(12)6-1)2(11)7-4(13)9-5/h(H2,6,8,10,12)(H2,7,9,11,13). The minimum atomic E-state index is -1.95. The molecule has 4 N–H and O–H groups in total. The molecule has 0 aromatic carbocycles. The molecule has 2 saturated heterocycles. The summed E-state index contributed by atoms with van der Waals surface area (Å²) in [6.07, 6.45) is 0. The van der Waals surface area contributed by atoms with E-state index < -0.39 is 29.5 Å². The third kappa shape index (κ3) is 0.789. The van der Waals surface area contributed by atoms with Crippen molar-refractivity contribution in [3.05, 3.63) is 0 Å². The van der Waals surface area contributed by atoms with Crippen molar-refractivity contribution >= 4 is 23.9 Å². The van der Waals surface area contributed by atoms with Gasteiger partial charge in [0.15, 0.2) is 0 Å². The zero-order valence-electron chi connectivity index (χ0n) is 6.13. The Balaban J connectivity index is 2.41. The average Bonchev–Trinajstić information content (AvgIpc) is 2.40. The molecule has 6 amide bonds. The van der Waals surface area contributed by atoms with Crippen molar-refractivity contribution in [3.8, 4) is 0 Å². The molecular weight excluding hydrogens is 180 g/mol. The first kappa shape index (κ1) is 7.53. The Hall–Kier alpha value is -2.12. The van der Waals surface area contributed by atoms with E-state index in [0.29, 0.717) is 0 Å². The van der Waals surface area contributed by atoms with E-state index in [1.807, 2.05) is 21.3 Å². The zero-order chi connectivity index (χ0) is 9.64.